The Morgan fingerprint density at radius 2 is 1.53 bits per heavy atom. The molecule has 0 radical (unpaired) electrons. The van der Waals surface area contributed by atoms with Gasteiger partial charge in [0.1, 0.15) is 0 Å². The van der Waals surface area contributed by atoms with Crippen LogP contribution in [0, 0.1) is 5.92 Å². The largest absolute Gasteiger partial charge is 0.384 e. The highest BCUT2D eigenvalue weighted by molar-refractivity contribution is 6.31. The maximum absolute atomic E-state index is 6.63. The normalized spacial score (nSPS) is 26.1. The third-order valence-corrected chi connectivity index (χ3v) is 7.97. The summed E-state index contributed by atoms with van der Waals surface area (Å²) >= 11 is 13.3. The number of likely N-dealkylation sites (tertiary alicyclic amines) is 1. The molecule has 0 aromatic heterocycles. The standard InChI is InChI=1S/C28H30Cl2N2O2/c1-32-11-9-21(24-14-31-10-8-27(24)32)28-22-12-17(29)4-6-19(22)25(15-33-2)26(16-34-3)20-7-5-18(30)13-23(20)28/h4-8,10,12-14,24-27H,9,11,15-16H2,1-3H3/t24-,25+,26+,27?/m1/s1. The van der Waals surface area contributed by atoms with Crippen LogP contribution in [0.1, 0.15) is 40.5 Å². The molecule has 4 atom stereocenters. The van der Waals surface area contributed by atoms with E-state index in [1.807, 2.05) is 18.3 Å². The van der Waals surface area contributed by atoms with Gasteiger partial charge in [0.15, 0.2) is 0 Å². The number of rotatable bonds is 4. The molecule has 0 spiro atoms. The highest BCUT2D eigenvalue weighted by atomic mass is 35.5. The second-order valence-corrected chi connectivity index (χ2v) is 10.2. The van der Waals surface area contributed by atoms with Crippen LogP contribution in [0.5, 0.6) is 0 Å². The third-order valence-electron chi connectivity index (χ3n) is 7.50. The molecule has 5 rings (SSSR count). The fourth-order valence-corrected chi connectivity index (χ4v) is 6.29. The van der Waals surface area contributed by atoms with E-state index in [9.17, 15) is 0 Å². The molecule has 0 N–H and O–H groups in total. The monoisotopic (exact) mass is 496 g/mol. The van der Waals surface area contributed by atoms with Crippen LogP contribution in [0.15, 0.2) is 59.2 Å². The van der Waals surface area contributed by atoms with Crippen LogP contribution in [-0.2, 0) is 9.47 Å². The third kappa shape index (κ3) is 4.16. The van der Waals surface area contributed by atoms with Crippen LogP contribution >= 0.6 is 23.2 Å². The number of fused-ring (bicyclic) bond motifs is 3. The summed E-state index contributed by atoms with van der Waals surface area (Å²) in [5, 5.41) is 1.45. The first-order valence-corrected chi connectivity index (χ1v) is 12.5. The fourth-order valence-electron chi connectivity index (χ4n) is 5.94. The molecular formula is C28H30Cl2N2O2. The van der Waals surface area contributed by atoms with Crippen molar-refractivity contribution in [1.82, 2.24) is 4.90 Å². The predicted molar refractivity (Wildman–Crippen MR) is 140 cm³/mol. The second kappa shape index (κ2) is 9.96. The van der Waals surface area contributed by atoms with E-state index in [2.05, 4.69) is 53.5 Å². The average Bonchev–Trinajstić information content (AvgIpc) is 2.93. The molecule has 2 aromatic rings. The molecule has 1 aliphatic carbocycles. The first-order valence-electron chi connectivity index (χ1n) is 11.7. The Labute approximate surface area is 211 Å². The number of benzene rings is 2. The number of aliphatic imine (C=N–C) groups is 1. The van der Waals surface area contributed by atoms with E-state index >= 15 is 0 Å². The van der Waals surface area contributed by atoms with Crippen molar-refractivity contribution in [2.45, 2.75) is 24.3 Å². The van der Waals surface area contributed by atoms with E-state index < -0.39 is 0 Å². The summed E-state index contributed by atoms with van der Waals surface area (Å²) in [5.41, 5.74) is 7.43. The molecule has 0 bridgehead atoms. The van der Waals surface area contributed by atoms with Gasteiger partial charge < -0.3 is 9.47 Å². The summed E-state index contributed by atoms with van der Waals surface area (Å²) in [6.45, 7) is 2.16. The van der Waals surface area contributed by atoms with Gasteiger partial charge in [-0.05, 0) is 71.6 Å². The number of hydrogen-bond donors (Lipinski definition) is 0. The average molecular weight is 497 g/mol. The van der Waals surface area contributed by atoms with E-state index in [1.54, 1.807) is 14.2 Å². The molecule has 0 saturated carbocycles. The van der Waals surface area contributed by atoms with Crippen molar-refractivity contribution >= 4 is 35.0 Å². The number of ether oxygens (including phenoxy) is 2. The van der Waals surface area contributed by atoms with Crippen molar-refractivity contribution in [3.05, 3.63) is 86.5 Å². The minimum absolute atomic E-state index is 0.122. The number of hydrogen-bond acceptors (Lipinski definition) is 4. The minimum atomic E-state index is 0.122. The van der Waals surface area contributed by atoms with Gasteiger partial charge in [0, 0.05) is 67.0 Å². The van der Waals surface area contributed by atoms with Crippen LogP contribution in [0.3, 0.4) is 0 Å². The molecule has 1 fully saturated rings. The molecule has 2 aliphatic heterocycles. The van der Waals surface area contributed by atoms with Gasteiger partial charge in [-0.15, -0.1) is 0 Å². The Kier molecular flexibility index (Phi) is 6.97. The fraction of sp³-hybridized carbons (Fsp3) is 0.393. The van der Waals surface area contributed by atoms with Gasteiger partial charge in [0.05, 0.1) is 13.2 Å². The van der Waals surface area contributed by atoms with Gasteiger partial charge in [-0.1, -0.05) is 40.9 Å². The maximum atomic E-state index is 6.63. The molecule has 2 heterocycles. The molecule has 2 aromatic carbocycles. The predicted octanol–water partition coefficient (Wildman–Crippen LogP) is 6.19. The van der Waals surface area contributed by atoms with E-state index in [4.69, 9.17) is 32.7 Å². The lowest BCUT2D eigenvalue weighted by Crippen LogP contribution is -2.44. The van der Waals surface area contributed by atoms with Gasteiger partial charge in [-0.2, -0.15) is 0 Å². The lowest BCUT2D eigenvalue weighted by Gasteiger charge is -2.40. The lowest BCUT2D eigenvalue weighted by molar-refractivity contribution is 0.127. The first kappa shape index (κ1) is 23.8. The Balaban J connectivity index is 1.85. The molecule has 6 heteroatoms. The number of nitrogens with zero attached hydrogens (tertiary/aromatic N) is 2. The van der Waals surface area contributed by atoms with Crippen molar-refractivity contribution in [3.63, 3.8) is 0 Å². The van der Waals surface area contributed by atoms with E-state index in [1.165, 1.54) is 22.3 Å². The SMILES string of the molecule is COC[C@H]1c2ccc(Cl)cc2C(=C2CCN(C)C3C=CN=C[C@H]23)c2cc(Cl)ccc2[C@@H]1COC. The molecule has 3 aliphatic rings. The number of methoxy groups -OCH3 is 2. The van der Waals surface area contributed by atoms with Crippen molar-refractivity contribution in [3.8, 4) is 0 Å². The van der Waals surface area contributed by atoms with E-state index in [0.29, 0.717) is 13.2 Å². The van der Waals surface area contributed by atoms with Crippen LogP contribution < -0.4 is 0 Å². The Hall–Kier alpha value is -1.95. The second-order valence-electron chi connectivity index (χ2n) is 9.37. The Morgan fingerprint density at radius 1 is 0.941 bits per heavy atom. The summed E-state index contributed by atoms with van der Waals surface area (Å²) in [6.07, 6.45) is 7.17. The van der Waals surface area contributed by atoms with Crippen LogP contribution in [0.4, 0.5) is 0 Å². The van der Waals surface area contributed by atoms with Gasteiger partial charge in [-0.3, -0.25) is 9.89 Å². The zero-order valence-electron chi connectivity index (χ0n) is 19.8. The van der Waals surface area contributed by atoms with Crippen molar-refractivity contribution in [2.75, 3.05) is 41.0 Å². The molecule has 1 unspecified atom stereocenters. The van der Waals surface area contributed by atoms with Gasteiger partial charge >= 0.3 is 0 Å². The minimum Gasteiger partial charge on any atom is -0.384 e. The molecule has 178 valence electrons. The van der Waals surface area contributed by atoms with E-state index in [0.717, 1.165) is 34.1 Å². The molecule has 1 saturated heterocycles. The van der Waals surface area contributed by atoms with Crippen molar-refractivity contribution in [2.24, 2.45) is 10.9 Å². The summed E-state index contributed by atoms with van der Waals surface area (Å²) < 4.78 is 11.5. The van der Waals surface area contributed by atoms with Crippen molar-refractivity contribution < 1.29 is 9.47 Å². The molecule has 0 amide bonds. The van der Waals surface area contributed by atoms with Crippen molar-refractivity contribution in [1.29, 1.82) is 0 Å². The first-order chi connectivity index (χ1) is 16.5. The smallest absolute Gasteiger partial charge is 0.0537 e. The Bertz CT molecular complexity index is 1110. The molecular weight excluding hydrogens is 467 g/mol. The summed E-state index contributed by atoms with van der Waals surface area (Å²) in [6, 6.07) is 12.8. The lowest BCUT2D eigenvalue weighted by atomic mass is 9.77. The number of piperidine rings is 1. The summed E-state index contributed by atoms with van der Waals surface area (Å²) in [4.78, 5) is 6.95. The number of halogens is 2. The highest BCUT2D eigenvalue weighted by Crippen LogP contribution is 2.49. The maximum Gasteiger partial charge on any atom is 0.0537 e. The molecule has 34 heavy (non-hydrogen) atoms. The summed E-state index contributed by atoms with van der Waals surface area (Å²) in [7, 11) is 5.71. The van der Waals surface area contributed by atoms with Gasteiger partial charge in [-0.25, -0.2) is 0 Å². The van der Waals surface area contributed by atoms with Gasteiger partial charge in [0.25, 0.3) is 0 Å². The van der Waals surface area contributed by atoms with E-state index in [-0.39, 0.29) is 23.8 Å². The molecule has 4 nitrogen and oxygen atoms in total. The Morgan fingerprint density at radius 3 is 2.09 bits per heavy atom. The van der Waals surface area contributed by atoms with Crippen LogP contribution in [-0.4, -0.2) is 58.2 Å². The van der Waals surface area contributed by atoms with Crippen LogP contribution in [0.2, 0.25) is 10.0 Å². The highest BCUT2D eigenvalue weighted by Gasteiger charge is 2.38. The summed E-state index contributed by atoms with van der Waals surface area (Å²) in [5.74, 6) is 0.437. The van der Waals surface area contributed by atoms with Gasteiger partial charge in [0.2, 0.25) is 0 Å². The number of likely N-dealkylation sites (N-methyl/N-ethyl adjacent to an activating group) is 1. The van der Waals surface area contributed by atoms with Crippen LogP contribution in [0.25, 0.3) is 5.57 Å². The quantitative estimate of drug-likeness (QED) is 0.506. The topological polar surface area (TPSA) is 34.1 Å². The zero-order valence-corrected chi connectivity index (χ0v) is 21.3. The zero-order chi connectivity index (χ0) is 23.8.